The topological polar surface area (TPSA) is 115 Å². The predicted octanol–water partition coefficient (Wildman–Crippen LogP) is 1.27. The Morgan fingerprint density at radius 1 is 1.39 bits per heavy atom. The molecule has 0 fully saturated rings. The zero-order valence-electron chi connectivity index (χ0n) is 14.0. The molecular weight excluding hydrogens is 322 g/mol. The van der Waals surface area contributed by atoms with E-state index in [1.807, 2.05) is 27.7 Å². The number of carbonyl (C=O) groups excluding carboxylic acids is 1. The highest BCUT2D eigenvalue weighted by Crippen LogP contribution is 2.12. The van der Waals surface area contributed by atoms with Gasteiger partial charge in [0.05, 0.1) is 6.54 Å². The van der Waals surface area contributed by atoms with E-state index in [2.05, 4.69) is 5.32 Å². The van der Waals surface area contributed by atoms with E-state index < -0.39 is 15.6 Å². The van der Waals surface area contributed by atoms with E-state index in [1.54, 1.807) is 4.90 Å². The van der Waals surface area contributed by atoms with Gasteiger partial charge < -0.3 is 19.4 Å². The average molecular weight is 347 g/mol. The molecule has 1 rings (SSSR count). The summed E-state index contributed by atoms with van der Waals surface area (Å²) in [6, 6.07) is 2.85. The summed E-state index contributed by atoms with van der Waals surface area (Å²) in [5, 5.41) is 7.77. The van der Waals surface area contributed by atoms with Crippen molar-refractivity contribution in [1.29, 1.82) is 0 Å². The minimum absolute atomic E-state index is 0.266. The van der Waals surface area contributed by atoms with Crippen LogP contribution in [0.1, 0.15) is 33.5 Å². The highest BCUT2D eigenvalue weighted by Gasteiger charge is 2.20. The number of nitrogens with two attached hydrogens (primary N) is 1. The second kappa shape index (κ2) is 7.80. The van der Waals surface area contributed by atoms with E-state index in [9.17, 15) is 13.2 Å². The van der Waals surface area contributed by atoms with Crippen LogP contribution < -0.4 is 10.5 Å². The molecule has 1 heterocycles. The molecule has 1 aromatic heterocycles. The number of ether oxygens (including phenoxy) is 1. The molecule has 132 valence electrons. The van der Waals surface area contributed by atoms with Crippen LogP contribution in [-0.4, -0.2) is 44.6 Å². The van der Waals surface area contributed by atoms with Crippen LogP contribution in [-0.2, 0) is 21.3 Å². The van der Waals surface area contributed by atoms with Gasteiger partial charge in [-0.05, 0) is 39.8 Å². The second-order valence-electron chi connectivity index (χ2n) is 6.00. The van der Waals surface area contributed by atoms with Crippen molar-refractivity contribution >= 4 is 16.1 Å². The van der Waals surface area contributed by atoms with Gasteiger partial charge in [-0.1, -0.05) is 0 Å². The van der Waals surface area contributed by atoms with Crippen LogP contribution in [0.4, 0.5) is 4.79 Å². The largest absolute Gasteiger partial charge is 0.447 e. The molecule has 9 heteroatoms. The Morgan fingerprint density at radius 3 is 2.52 bits per heavy atom. The molecule has 23 heavy (non-hydrogen) atoms. The van der Waals surface area contributed by atoms with Crippen LogP contribution >= 0.6 is 0 Å². The quantitative estimate of drug-likeness (QED) is 0.718. The summed E-state index contributed by atoms with van der Waals surface area (Å²) < 4.78 is 32.6. The third kappa shape index (κ3) is 7.02. The maximum atomic E-state index is 11.9. The van der Waals surface area contributed by atoms with E-state index >= 15 is 0 Å². The average Bonchev–Trinajstić information content (AvgIpc) is 2.85. The maximum absolute atomic E-state index is 11.9. The molecule has 0 aliphatic heterocycles. The number of sulfonamides is 1. The Kier molecular flexibility index (Phi) is 6.60. The summed E-state index contributed by atoms with van der Waals surface area (Å²) >= 11 is 0. The molecule has 0 spiro atoms. The monoisotopic (exact) mass is 347 g/mol. The first-order chi connectivity index (χ1) is 10.5. The van der Waals surface area contributed by atoms with Gasteiger partial charge in [-0.25, -0.2) is 18.4 Å². The maximum Gasteiger partial charge on any atom is 0.410 e. The van der Waals surface area contributed by atoms with E-state index in [0.29, 0.717) is 31.9 Å². The molecule has 0 unspecified atom stereocenters. The summed E-state index contributed by atoms with van der Waals surface area (Å²) in [4.78, 5) is 13.5. The number of nitrogens with one attached hydrogen (secondary N) is 1. The van der Waals surface area contributed by atoms with Crippen LogP contribution in [0.2, 0.25) is 0 Å². The molecule has 3 N–H and O–H groups in total. The Balaban J connectivity index is 2.41. The van der Waals surface area contributed by atoms with Crippen molar-refractivity contribution in [1.82, 2.24) is 10.2 Å². The molecule has 0 atom stereocenters. The second-order valence-corrected chi connectivity index (χ2v) is 7.49. The van der Waals surface area contributed by atoms with Crippen LogP contribution in [0.5, 0.6) is 0 Å². The standard InChI is InChI=1S/C14H25N3O5S/c1-5-17(13(18)22-14(2,3)4)9-8-16-10-11-6-7-12(21-11)23(15,19)20/h6-7,16H,5,8-10H2,1-4H3,(H2,15,19,20). The fourth-order valence-electron chi connectivity index (χ4n) is 1.74. The zero-order valence-corrected chi connectivity index (χ0v) is 14.8. The van der Waals surface area contributed by atoms with Gasteiger partial charge in [0.1, 0.15) is 11.4 Å². The van der Waals surface area contributed by atoms with Crippen molar-refractivity contribution in [3.63, 3.8) is 0 Å². The summed E-state index contributed by atoms with van der Waals surface area (Å²) in [7, 11) is -3.82. The van der Waals surface area contributed by atoms with E-state index in [0.717, 1.165) is 0 Å². The highest BCUT2D eigenvalue weighted by atomic mass is 32.2. The molecule has 0 bridgehead atoms. The summed E-state index contributed by atoms with van der Waals surface area (Å²) in [6.07, 6.45) is -0.365. The Hall–Kier alpha value is -1.58. The summed E-state index contributed by atoms with van der Waals surface area (Å²) in [5.41, 5.74) is -0.532. The Labute approximate surface area is 137 Å². The van der Waals surface area contributed by atoms with Crippen molar-refractivity contribution in [3.05, 3.63) is 17.9 Å². The van der Waals surface area contributed by atoms with Crippen LogP contribution in [0.3, 0.4) is 0 Å². The zero-order chi connectivity index (χ0) is 17.7. The van der Waals surface area contributed by atoms with Crippen molar-refractivity contribution in [3.8, 4) is 0 Å². The predicted molar refractivity (Wildman–Crippen MR) is 85.3 cm³/mol. The lowest BCUT2D eigenvalue weighted by atomic mass is 10.2. The normalized spacial score (nSPS) is 12.2. The minimum Gasteiger partial charge on any atom is -0.447 e. The number of nitrogens with zero attached hydrogens (tertiary/aromatic N) is 1. The van der Waals surface area contributed by atoms with Crippen molar-refractivity contribution < 1.29 is 22.4 Å². The van der Waals surface area contributed by atoms with Gasteiger partial charge in [0.15, 0.2) is 0 Å². The molecule has 0 aliphatic rings. The first-order valence-corrected chi connectivity index (χ1v) is 8.87. The lowest BCUT2D eigenvalue weighted by molar-refractivity contribution is 0.0262. The SMILES string of the molecule is CCN(CCNCc1ccc(S(N)(=O)=O)o1)C(=O)OC(C)(C)C. The van der Waals surface area contributed by atoms with Crippen molar-refractivity contribution in [2.45, 2.75) is 44.9 Å². The van der Waals surface area contributed by atoms with Gasteiger partial charge in [-0.3, -0.25) is 0 Å². The Morgan fingerprint density at radius 2 is 2.04 bits per heavy atom. The number of hydrogen-bond donors (Lipinski definition) is 2. The number of rotatable bonds is 7. The fourth-order valence-corrected chi connectivity index (χ4v) is 2.22. The molecule has 0 radical (unpaired) electrons. The molecule has 8 nitrogen and oxygen atoms in total. The van der Waals surface area contributed by atoms with Crippen LogP contribution in [0.15, 0.2) is 21.6 Å². The van der Waals surface area contributed by atoms with Gasteiger partial charge in [-0.2, -0.15) is 0 Å². The van der Waals surface area contributed by atoms with Gasteiger partial charge in [0.25, 0.3) is 10.0 Å². The van der Waals surface area contributed by atoms with Gasteiger partial charge in [0, 0.05) is 19.6 Å². The molecule has 0 saturated carbocycles. The summed E-state index contributed by atoms with van der Waals surface area (Å²) in [6.45, 7) is 9.17. The van der Waals surface area contributed by atoms with E-state index in [1.165, 1.54) is 12.1 Å². The smallest absolute Gasteiger partial charge is 0.410 e. The minimum atomic E-state index is -3.82. The lowest BCUT2D eigenvalue weighted by Gasteiger charge is -2.26. The van der Waals surface area contributed by atoms with E-state index in [4.69, 9.17) is 14.3 Å². The number of furan rings is 1. The number of likely N-dealkylation sites (N-methyl/N-ethyl adjacent to an activating group) is 1. The molecular formula is C14H25N3O5S. The van der Waals surface area contributed by atoms with E-state index in [-0.39, 0.29) is 11.2 Å². The fraction of sp³-hybridized carbons (Fsp3) is 0.643. The van der Waals surface area contributed by atoms with Crippen molar-refractivity contribution in [2.75, 3.05) is 19.6 Å². The molecule has 1 aromatic rings. The van der Waals surface area contributed by atoms with Gasteiger partial charge in [0.2, 0.25) is 5.09 Å². The Bertz CT molecular complexity index is 619. The number of carbonyl (C=O) groups is 1. The molecule has 0 aromatic carbocycles. The third-order valence-corrected chi connectivity index (χ3v) is 3.59. The third-order valence-electron chi connectivity index (χ3n) is 2.81. The van der Waals surface area contributed by atoms with Crippen LogP contribution in [0, 0.1) is 0 Å². The first kappa shape index (κ1) is 19.5. The summed E-state index contributed by atoms with van der Waals surface area (Å²) in [5.74, 6) is 0.453. The number of amides is 1. The molecule has 0 saturated heterocycles. The first-order valence-electron chi connectivity index (χ1n) is 7.33. The van der Waals surface area contributed by atoms with Gasteiger partial charge >= 0.3 is 6.09 Å². The highest BCUT2D eigenvalue weighted by molar-refractivity contribution is 7.89. The van der Waals surface area contributed by atoms with Crippen molar-refractivity contribution in [2.24, 2.45) is 5.14 Å². The van der Waals surface area contributed by atoms with Gasteiger partial charge in [-0.15, -0.1) is 0 Å². The lowest BCUT2D eigenvalue weighted by Crippen LogP contribution is -2.40. The number of hydrogen-bond acceptors (Lipinski definition) is 6. The molecule has 1 amide bonds. The number of primary sulfonamides is 1. The molecule has 0 aliphatic carbocycles. The van der Waals surface area contributed by atoms with Crippen LogP contribution in [0.25, 0.3) is 0 Å².